The monoisotopic (exact) mass is 380 g/mol. The van der Waals surface area contributed by atoms with E-state index in [0.717, 1.165) is 38.5 Å². The molecule has 2 heterocycles. The van der Waals surface area contributed by atoms with E-state index < -0.39 is 5.97 Å². The molecule has 0 spiro atoms. The molecule has 0 atom stereocenters. The highest BCUT2D eigenvalue weighted by Crippen LogP contribution is 2.34. The maximum Gasteiger partial charge on any atom is 0.335 e. The summed E-state index contributed by atoms with van der Waals surface area (Å²) in [5.41, 5.74) is 10.3. The van der Waals surface area contributed by atoms with E-state index in [1.807, 2.05) is 24.3 Å². The van der Waals surface area contributed by atoms with E-state index in [-0.39, 0.29) is 5.56 Å². The summed E-state index contributed by atoms with van der Waals surface area (Å²) >= 11 is 0. The van der Waals surface area contributed by atoms with Gasteiger partial charge in [-0.2, -0.15) is 5.10 Å². The first-order chi connectivity index (χ1) is 14.1. The van der Waals surface area contributed by atoms with Gasteiger partial charge >= 0.3 is 5.97 Å². The second kappa shape index (κ2) is 6.45. The minimum atomic E-state index is -0.960. The summed E-state index contributed by atoms with van der Waals surface area (Å²) < 4.78 is 0. The summed E-state index contributed by atoms with van der Waals surface area (Å²) in [5, 5.41) is 19.3. The van der Waals surface area contributed by atoms with Gasteiger partial charge in [-0.25, -0.2) is 9.78 Å². The number of benzene rings is 3. The van der Waals surface area contributed by atoms with Gasteiger partial charge in [0.25, 0.3) is 0 Å². The van der Waals surface area contributed by atoms with Crippen molar-refractivity contribution in [3.63, 3.8) is 0 Å². The van der Waals surface area contributed by atoms with Crippen molar-refractivity contribution in [1.29, 1.82) is 0 Å². The number of fused-ring (bicyclic) bond motifs is 2. The molecule has 0 unspecified atom stereocenters. The molecule has 0 aliphatic carbocycles. The molecule has 0 saturated heterocycles. The fourth-order valence-corrected chi connectivity index (χ4v) is 3.55. The van der Waals surface area contributed by atoms with Gasteiger partial charge in [-0.1, -0.05) is 48.5 Å². The lowest BCUT2D eigenvalue weighted by molar-refractivity contribution is 0.0697. The third kappa shape index (κ3) is 2.87. The molecule has 0 aliphatic heterocycles. The van der Waals surface area contributed by atoms with Gasteiger partial charge in [0.1, 0.15) is 0 Å². The van der Waals surface area contributed by atoms with Crippen LogP contribution in [0.2, 0.25) is 0 Å². The van der Waals surface area contributed by atoms with Crippen molar-refractivity contribution in [3.8, 4) is 22.5 Å². The number of nitrogens with two attached hydrogens (primary N) is 1. The van der Waals surface area contributed by atoms with Crippen LogP contribution in [-0.4, -0.2) is 26.3 Å². The summed E-state index contributed by atoms with van der Waals surface area (Å²) in [5.74, 6) is -0.568. The minimum absolute atomic E-state index is 0.232. The van der Waals surface area contributed by atoms with Gasteiger partial charge in [-0.3, -0.25) is 5.10 Å². The highest BCUT2D eigenvalue weighted by molar-refractivity contribution is 6.03. The second-order valence-electron chi connectivity index (χ2n) is 6.83. The average Bonchev–Trinajstić information content (AvgIpc) is 3.13. The molecule has 29 heavy (non-hydrogen) atoms. The summed E-state index contributed by atoms with van der Waals surface area (Å²) in [7, 11) is 0. The second-order valence-corrected chi connectivity index (χ2v) is 6.83. The number of rotatable bonds is 3. The van der Waals surface area contributed by atoms with E-state index in [9.17, 15) is 4.79 Å². The normalized spacial score (nSPS) is 11.2. The average molecular weight is 380 g/mol. The number of carboxylic acid groups (broad SMARTS) is 1. The molecule has 2 aromatic heterocycles. The van der Waals surface area contributed by atoms with Crippen molar-refractivity contribution in [2.45, 2.75) is 0 Å². The van der Waals surface area contributed by atoms with Crippen molar-refractivity contribution >= 4 is 33.5 Å². The van der Waals surface area contributed by atoms with Gasteiger partial charge in [0, 0.05) is 11.1 Å². The van der Waals surface area contributed by atoms with Crippen LogP contribution in [0.5, 0.6) is 0 Å². The summed E-state index contributed by atoms with van der Waals surface area (Å²) in [6.45, 7) is 0. The maximum atomic E-state index is 11.1. The van der Waals surface area contributed by atoms with E-state index in [2.05, 4.69) is 34.5 Å². The van der Waals surface area contributed by atoms with E-state index in [1.54, 1.807) is 24.3 Å². The summed E-state index contributed by atoms with van der Waals surface area (Å²) in [4.78, 5) is 16.0. The number of carboxylic acids is 1. The third-order valence-electron chi connectivity index (χ3n) is 5.02. The molecular weight excluding hydrogens is 364 g/mol. The molecular formula is C23H16N4O2. The van der Waals surface area contributed by atoms with Gasteiger partial charge in [0.15, 0.2) is 5.82 Å². The molecule has 0 aliphatic rings. The van der Waals surface area contributed by atoms with Gasteiger partial charge in [-0.15, -0.1) is 0 Å². The van der Waals surface area contributed by atoms with Crippen LogP contribution in [0.3, 0.4) is 0 Å². The molecule has 6 nitrogen and oxygen atoms in total. The summed E-state index contributed by atoms with van der Waals surface area (Å²) in [6, 6.07) is 22.8. The number of aromatic carboxylic acids is 1. The minimum Gasteiger partial charge on any atom is -0.478 e. The Balaban J connectivity index is 1.73. The maximum absolute atomic E-state index is 11.1. The van der Waals surface area contributed by atoms with Crippen LogP contribution < -0.4 is 5.73 Å². The molecule has 0 radical (unpaired) electrons. The molecule has 5 aromatic rings. The number of nitrogens with one attached hydrogen (secondary N) is 1. The predicted molar refractivity (Wildman–Crippen MR) is 114 cm³/mol. The van der Waals surface area contributed by atoms with Crippen LogP contribution in [0.15, 0.2) is 72.8 Å². The van der Waals surface area contributed by atoms with Crippen molar-refractivity contribution < 1.29 is 9.90 Å². The van der Waals surface area contributed by atoms with Gasteiger partial charge in [0.2, 0.25) is 0 Å². The van der Waals surface area contributed by atoms with Crippen molar-refractivity contribution in [2.24, 2.45) is 0 Å². The number of hydrogen-bond donors (Lipinski definition) is 3. The van der Waals surface area contributed by atoms with Gasteiger partial charge in [0.05, 0.1) is 27.9 Å². The first-order valence-corrected chi connectivity index (χ1v) is 9.07. The van der Waals surface area contributed by atoms with E-state index >= 15 is 0 Å². The van der Waals surface area contributed by atoms with E-state index in [0.29, 0.717) is 11.5 Å². The highest BCUT2D eigenvalue weighted by Gasteiger charge is 2.15. The van der Waals surface area contributed by atoms with E-state index in [4.69, 9.17) is 15.8 Å². The number of hydrogen-bond acceptors (Lipinski definition) is 4. The van der Waals surface area contributed by atoms with Crippen molar-refractivity contribution in [3.05, 3.63) is 78.4 Å². The lowest BCUT2D eigenvalue weighted by Crippen LogP contribution is -1.96. The first kappa shape index (κ1) is 16.9. The number of aromatic amines is 1. The largest absolute Gasteiger partial charge is 0.478 e. The number of H-pyrrole nitrogens is 1. The molecule has 6 heteroatoms. The number of carbonyl (C=O) groups is 1. The number of nitrogen functional groups attached to an aromatic ring is 1. The fourth-order valence-electron chi connectivity index (χ4n) is 3.55. The molecule has 0 bridgehead atoms. The Hall–Kier alpha value is -4.19. The molecule has 0 amide bonds. The zero-order chi connectivity index (χ0) is 20.0. The Morgan fingerprint density at radius 3 is 2.38 bits per heavy atom. The number of anilines is 1. The SMILES string of the molecule is Nc1n[nH]c2cc(-c3ccc(C(=O)O)cc3)nc(-c3ccc4ccccc4c3)c12. The van der Waals surface area contributed by atoms with E-state index in [1.165, 1.54) is 0 Å². The molecule has 0 fully saturated rings. The molecule has 0 saturated carbocycles. The van der Waals surface area contributed by atoms with Crippen LogP contribution >= 0.6 is 0 Å². The number of nitrogens with zero attached hydrogens (tertiary/aromatic N) is 2. The quantitative estimate of drug-likeness (QED) is 0.420. The van der Waals surface area contributed by atoms with Crippen LogP contribution in [-0.2, 0) is 0 Å². The molecule has 140 valence electrons. The van der Waals surface area contributed by atoms with Crippen LogP contribution in [0.25, 0.3) is 44.2 Å². The number of pyridine rings is 1. The first-order valence-electron chi connectivity index (χ1n) is 9.07. The lowest BCUT2D eigenvalue weighted by atomic mass is 10.0. The Morgan fingerprint density at radius 1 is 0.897 bits per heavy atom. The van der Waals surface area contributed by atoms with Gasteiger partial charge < -0.3 is 10.8 Å². The highest BCUT2D eigenvalue weighted by atomic mass is 16.4. The molecule has 3 aromatic carbocycles. The predicted octanol–water partition coefficient (Wildman–Crippen LogP) is 4.73. The molecule has 4 N–H and O–H groups in total. The molecule has 5 rings (SSSR count). The Morgan fingerprint density at radius 2 is 1.62 bits per heavy atom. The van der Waals surface area contributed by atoms with Crippen molar-refractivity contribution in [1.82, 2.24) is 15.2 Å². The zero-order valence-corrected chi connectivity index (χ0v) is 15.3. The third-order valence-corrected chi connectivity index (χ3v) is 5.02. The van der Waals surface area contributed by atoms with Crippen LogP contribution in [0, 0.1) is 0 Å². The van der Waals surface area contributed by atoms with Crippen LogP contribution in [0.4, 0.5) is 5.82 Å². The van der Waals surface area contributed by atoms with Crippen LogP contribution in [0.1, 0.15) is 10.4 Å². The topological polar surface area (TPSA) is 105 Å². The zero-order valence-electron chi connectivity index (χ0n) is 15.3. The van der Waals surface area contributed by atoms with Crippen molar-refractivity contribution in [2.75, 3.05) is 5.73 Å². The standard InChI is InChI=1S/C23H16N4O2/c24-22-20-19(26-27-22)12-18(14-6-8-15(9-7-14)23(28)29)25-21(20)17-10-5-13-3-1-2-4-16(13)11-17/h1-12H,(H,28,29)(H3,24,26,27). The fraction of sp³-hybridized carbons (Fsp3) is 0. The smallest absolute Gasteiger partial charge is 0.335 e. The summed E-state index contributed by atoms with van der Waals surface area (Å²) in [6.07, 6.45) is 0. The van der Waals surface area contributed by atoms with Gasteiger partial charge in [-0.05, 0) is 35.0 Å². The Labute approximate surface area is 165 Å². The number of aromatic nitrogens is 3. The lowest BCUT2D eigenvalue weighted by Gasteiger charge is -2.09. The Bertz CT molecular complexity index is 1390. The Kier molecular flexibility index (Phi) is 3.77.